The summed E-state index contributed by atoms with van der Waals surface area (Å²) in [6, 6.07) is 0. The summed E-state index contributed by atoms with van der Waals surface area (Å²) in [6.07, 6.45) is 42.0. The number of rotatable bonds is 35. The van der Waals surface area contributed by atoms with Crippen molar-refractivity contribution < 1.29 is 29.3 Å². The second kappa shape index (κ2) is 37.1. The van der Waals surface area contributed by atoms with Crippen molar-refractivity contribution in [2.75, 3.05) is 13.2 Å². The number of aliphatic hydroxyl groups excluding tert-OH is 2. The summed E-state index contributed by atoms with van der Waals surface area (Å²) < 4.78 is 10.5. The molecule has 2 N–H and O–H groups in total. The first kappa shape index (κ1) is 46.8. The van der Waals surface area contributed by atoms with E-state index in [1.54, 1.807) is 0 Å². The Kier molecular flexibility index (Phi) is 35.4. The van der Waals surface area contributed by atoms with Crippen molar-refractivity contribution >= 4 is 11.9 Å². The van der Waals surface area contributed by atoms with Crippen LogP contribution in [0.3, 0.4) is 0 Å². The van der Waals surface area contributed by atoms with Gasteiger partial charge in [0, 0.05) is 12.8 Å². The average molecular weight is 689 g/mol. The Bertz CT molecular complexity index is 858. The minimum absolute atomic E-state index is 0.105. The van der Waals surface area contributed by atoms with Gasteiger partial charge in [-0.1, -0.05) is 172 Å². The molecule has 0 aromatic rings. The van der Waals surface area contributed by atoms with Gasteiger partial charge in [-0.2, -0.15) is 0 Å². The molecule has 6 nitrogen and oxygen atoms in total. The average Bonchev–Trinajstić information content (AvgIpc) is 3.08. The third kappa shape index (κ3) is 36.9. The quantitative estimate of drug-likeness (QED) is 0.0298. The number of allylic oxidation sites excluding steroid dienone is 6. The van der Waals surface area contributed by atoms with Crippen molar-refractivity contribution in [1.29, 1.82) is 0 Å². The number of carbonyl (C=O) groups is 2. The Morgan fingerprint density at radius 1 is 0.633 bits per heavy atom. The van der Waals surface area contributed by atoms with E-state index < -0.39 is 18.2 Å². The zero-order valence-electron chi connectivity index (χ0n) is 32.0. The topological polar surface area (TPSA) is 93.1 Å². The lowest BCUT2D eigenvalue weighted by molar-refractivity contribution is -0.161. The maximum atomic E-state index is 12.2. The van der Waals surface area contributed by atoms with Crippen molar-refractivity contribution in [2.24, 2.45) is 5.92 Å². The van der Waals surface area contributed by atoms with Crippen LogP contribution in [0, 0.1) is 5.92 Å². The van der Waals surface area contributed by atoms with Crippen molar-refractivity contribution in [2.45, 2.75) is 193 Å². The monoisotopic (exact) mass is 689 g/mol. The van der Waals surface area contributed by atoms with Crippen molar-refractivity contribution in [3.63, 3.8) is 0 Å². The first-order valence-corrected chi connectivity index (χ1v) is 20.2. The van der Waals surface area contributed by atoms with E-state index in [4.69, 9.17) is 9.47 Å². The van der Waals surface area contributed by atoms with Crippen LogP contribution in [-0.2, 0) is 19.1 Å². The summed E-state index contributed by atoms with van der Waals surface area (Å²) in [4.78, 5) is 24.2. The van der Waals surface area contributed by atoms with Crippen LogP contribution in [0.15, 0.2) is 48.6 Å². The zero-order valence-corrected chi connectivity index (χ0v) is 32.0. The van der Waals surface area contributed by atoms with E-state index in [-0.39, 0.29) is 25.6 Å². The Morgan fingerprint density at radius 3 is 1.82 bits per heavy atom. The van der Waals surface area contributed by atoms with Gasteiger partial charge in [-0.05, 0) is 50.9 Å². The Hall–Kier alpha value is -2.18. The summed E-state index contributed by atoms with van der Waals surface area (Å²) in [5.74, 6) is 0.148. The van der Waals surface area contributed by atoms with Crippen LogP contribution in [0.5, 0.6) is 0 Å². The number of unbranched alkanes of at least 4 members (excludes halogenated alkanes) is 17. The van der Waals surface area contributed by atoms with Crippen LogP contribution in [0.4, 0.5) is 0 Å². The third-order valence-corrected chi connectivity index (χ3v) is 8.63. The molecule has 0 heterocycles. The number of esters is 2. The maximum Gasteiger partial charge on any atom is 0.306 e. The highest BCUT2D eigenvalue weighted by molar-refractivity contribution is 5.70. The standard InChI is InChI=1S/C43H76O6/c1-4-5-6-7-17-23-28-33-40(45)34-29-24-19-16-21-26-31-36-43(47)49-41(37-44)38-48-42(46)35-30-25-20-15-13-11-9-8-10-12-14-18-22-27-32-39(2)3/h16-17,21,23-24,28-29,33,39-41,44-45H,4-15,18-20,22,25-27,30-32,34-38H2,1-3H3/b21-16+,23-17-,29-24-,33-28-/t40-,41-/m0/s1. The molecule has 49 heavy (non-hydrogen) atoms. The molecule has 0 aliphatic carbocycles. The zero-order chi connectivity index (χ0) is 36.0. The number of hydrogen-bond donors (Lipinski definition) is 2. The van der Waals surface area contributed by atoms with Gasteiger partial charge in [0.15, 0.2) is 6.10 Å². The molecular formula is C43H76O6. The van der Waals surface area contributed by atoms with Gasteiger partial charge in [0.2, 0.25) is 0 Å². The fourth-order valence-corrected chi connectivity index (χ4v) is 5.52. The minimum Gasteiger partial charge on any atom is -0.462 e. The molecule has 284 valence electrons. The van der Waals surface area contributed by atoms with Gasteiger partial charge in [0.25, 0.3) is 0 Å². The van der Waals surface area contributed by atoms with Gasteiger partial charge in [-0.3, -0.25) is 9.59 Å². The van der Waals surface area contributed by atoms with Crippen LogP contribution in [0.2, 0.25) is 0 Å². The van der Waals surface area contributed by atoms with Crippen LogP contribution >= 0.6 is 0 Å². The predicted octanol–water partition coefficient (Wildman–Crippen LogP) is 11.4. The summed E-state index contributed by atoms with van der Waals surface area (Å²) in [5.41, 5.74) is 0. The van der Waals surface area contributed by atoms with Crippen LogP contribution in [0.25, 0.3) is 0 Å². The SMILES string of the molecule is CCCCC/C=C\C=C/[C@H](O)C/C=C\C/C=C/CCCC(=O)O[C@@H](CO)COC(=O)CCCCCCCCCCCCCCCCC(C)C. The Morgan fingerprint density at radius 2 is 1.20 bits per heavy atom. The number of carbonyl (C=O) groups excluding carboxylic acids is 2. The van der Waals surface area contributed by atoms with Crippen LogP contribution in [0.1, 0.15) is 181 Å². The van der Waals surface area contributed by atoms with Crippen molar-refractivity contribution in [3.8, 4) is 0 Å². The van der Waals surface area contributed by atoms with Gasteiger partial charge in [0.05, 0.1) is 12.7 Å². The first-order valence-electron chi connectivity index (χ1n) is 20.2. The van der Waals surface area contributed by atoms with Gasteiger partial charge in [-0.15, -0.1) is 0 Å². The van der Waals surface area contributed by atoms with Crippen molar-refractivity contribution in [1.82, 2.24) is 0 Å². The summed E-state index contributed by atoms with van der Waals surface area (Å²) in [7, 11) is 0. The van der Waals surface area contributed by atoms with E-state index in [1.165, 1.54) is 96.3 Å². The largest absolute Gasteiger partial charge is 0.462 e. The van der Waals surface area contributed by atoms with Crippen LogP contribution in [-0.4, -0.2) is 47.6 Å². The molecule has 2 atom stereocenters. The van der Waals surface area contributed by atoms with Gasteiger partial charge < -0.3 is 19.7 Å². The lowest BCUT2D eigenvalue weighted by Gasteiger charge is -2.15. The molecule has 0 saturated carbocycles. The highest BCUT2D eigenvalue weighted by atomic mass is 16.6. The highest BCUT2D eigenvalue weighted by Gasteiger charge is 2.16. The molecule has 6 heteroatoms. The molecule has 0 aromatic heterocycles. The molecule has 0 spiro atoms. The molecule has 0 unspecified atom stereocenters. The molecule has 0 amide bonds. The maximum absolute atomic E-state index is 12.2. The lowest BCUT2D eigenvalue weighted by Crippen LogP contribution is -2.28. The van der Waals surface area contributed by atoms with Gasteiger partial charge >= 0.3 is 11.9 Å². The Labute approximate surface area is 301 Å². The first-order chi connectivity index (χ1) is 23.9. The van der Waals surface area contributed by atoms with Gasteiger partial charge in [-0.25, -0.2) is 0 Å². The summed E-state index contributed by atoms with van der Waals surface area (Å²) in [5, 5.41) is 19.6. The molecule has 0 radical (unpaired) electrons. The fraction of sp³-hybridized carbons (Fsp3) is 0.767. The van der Waals surface area contributed by atoms with E-state index in [2.05, 4.69) is 26.8 Å². The second-order valence-corrected chi connectivity index (χ2v) is 14.0. The van der Waals surface area contributed by atoms with E-state index in [0.29, 0.717) is 19.3 Å². The molecule has 0 aromatic carbocycles. The van der Waals surface area contributed by atoms with Gasteiger partial charge in [0.1, 0.15) is 6.61 Å². The smallest absolute Gasteiger partial charge is 0.306 e. The second-order valence-electron chi connectivity index (χ2n) is 14.0. The molecule has 0 saturated heterocycles. The molecule has 0 rings (SSSR count). The normalized spacial score (nSPS) is 13.4. The Balaban J connectivity index is 3.70. The van der Waals surface area contributed by atoms with Crippen molar-refractivity contribution in [3.05, 3.63) is 48.6 Å². The lowest BCUT2D eigenvalue weighted by atomic mass is 10.0. The minimum atomic E-state index is -0.821. The third-order valence-electron chi connectivity index (χ3n) is 8.63. The molecule has 0 fully saturated rings. The summed E-state index contributed by atoms with van der Waals surface area (Å²) >= 11 is 0. The molecule has 0 bridgehead atoms. The number of hydrogen-bond acceptors (Lipinski definition) is 6. The van der Waals surface area contributed by atoms with E-state index in [9.17, 15) is 19.8 Å². The number of ether oxygens (including phenoxy) is 2. The van der Waals surface area contributed by atoms with Crippen LogP contribution < -0.4 is 0 Å². The van der Waals surface area contributed by atoms with E-state index in [0.717, 1.165) is 44.4 Å². The molecule has 0 aliphatic heterocycles. The number of aliphatic hydroxyl groups is 2. The fourth-order valence-electron chi connectivity index (χ4n) is 5.52. The molecular weight excluding hydrogens is 612 g/mol. The summed E-state index contributed by atoms with van der Waals surface area (Å²) in [6.45, 7) is 6.34. The predicted molar refractivity (Wildman–Crippen MR) is 206 cm³/mol. The highest BCUT2D eigenvalue weighted by Crippen LogP contribution is 2.15. The van der Waals surface area contributed by atoms with E-state index >= 15 is 0 Å². The van der Waals surface area contributed by atoms with E-state index in [1.807, 2.05) is 42.5 Å². The molecule has 0 aliphatic rings.